The van der Waals surface area contributed by atoms with Crippen LogP contribution in [0.15, 0.2) is 0 Å². The van der Waals surface area contributed by atoms with Crippen LogP contribution in [0.25, 0.3) is 0 Å². The minimum absolute atomic E-state index is 0.0195. The van der Waals surface area contributed by atoms with Crippen LogP contribution in [0.1, 0.15) is 86.0 Å². The maximum atomic E-state index is 12.0. The Labute approximate surface area is 132 Å². The number of esters is 1. The Kier molecular flexibility index (Phi) is 11.7. The topological polar surface area (TPSA) is 26.3 Å². The van der Waals surface area contributed by atoms with Crippen molar-refractivity contribution in [3.8, 4) is 0 Å². The molecule has 1 unspecified atom stereocenters. The molecule has 0 saturated carbocycles. The predicted octanol–water partition coefficient (Wildman–Crippen LogP) is 4.89. The molecule has 0 amide bonds. The summed E-state index contributed by atoms with van der Waals surface area (Å²) in [6.45, 7) is 13.8. The standard InChI is InChI=1S/C18H38NO2/c1-6-10-11-12-13-14-15-16-18(20)21-17(5)19(7-2,8-3)9-4/h17H,6-16H2,1-5H3/q+1. The maximum absolute atomic E-state index is 12.0. The molecule has 0 radical (unpaired) electrons. The number of nitrogens with zero attached hydrogens (tertiary/aromatic N) is 1. The van der Waals surface area contributed by atoms with E-state index in [1.807, 2.05) is 6.92 Å². The van der Waals surface area contributed by atoms with Crippen molar-refractivity contribution in [2.45, 2.75) is 92.2 Å². The number of unbranched alkanes of at least 4 members (excludes halogenated alkanes) is 6. The van der Waals surface area contributed by atoms with E-state index in [-0.39, 0.29) is 12.2 Å². The Bertz CT molecular complexity index is 254. The van der Waals surface area contributed by atoms with Crippen molar-refractivity contribution in [3.05, 3.63) is 0 Å². The molecule has 0 bridgehead atoms. The molecule has 3 heteroatoms. The summed E-state index contributed by atoms with van der Waals surface area (Å²) >= 11 is 0. The molecule has 0 saturated heterocycles. The minimum atomic E-state index is -0.0259. The van der Waals surface area contributed by atoms with Crippen LogP contribution in [0.4, 0.5) is 0 Å². The molecule has 0 aliphatic carbocycles. The number of hydrogen-bond acceptors (Lipinski definition) is 2. The third-order valence-electron chi connectivity index (χ3n) is 4.95. The fourth-order valence-electron chi connectivity index (χ4n) is 3.03. The molecule has 0 aliphatic rings. The van der Waals surface area contributed by atoms with Gasteiger partial charge in [0.1, 0.15) is 0 Å². The van der Waals surface area contributed by atoms with Gasteiger partial charge in [0.25, 0.3) is 0 Å². The van der Waals surface area contributed by atoms with Crippen molar-refractivity contribution < 1.29 is 14.0 Å². The van der Waals surface area contributed by atoms with E-state index >= 15 is 0 Å². The second kappa shape index (κ2) is 12.0. The van der Waals surface area contributed by atoms with E-state index in [9.17, 15) is 4.79 Å². The van der Waals surface area contributed by atoms with E-state index in [1.54, 1.807) is 0 Å². The average Bonchev–Trinajstić information content (AvgIpc) is 2.48. The average molecular weight is 301 g/mol. The second-order valence-corrected chi connectivity index (χ2v) is 6.13. The van der Waals surface area contributed by atoms with E-state index < -0.39 is 0 Å². The Balaban J connectivity index is 3.87. The van der Waals surface area contributed by atoms with Gasteiger partial charge in [0.2, 0.25) is 6.23 Å². The predicted molar refractivity (Wildman–Crippen MR) is 90.0 cm³/mol. The molecule has 0 aromatic rings. The van der Waals surface area contributed by atoms with Crippen molar-refractivity contribution >= 4 is 5.97 Å². The fraction of sp³-hybridized carbons (Fsp3) is 0.944. The molecule has 0 fully saturated rings. The highest BCUT2D eigenvalue weighted by Gasteiger charge is 2.31. The van der Waals surface area contributed by atoms with E-state index in [4.69, 9.17) is 4.74 Å². The summed E-state index contributed by atoms with van der Waals surface area (Å²) in [6, 6.07) is 0. The molecular formula is C18H38NO2+. The molecule has 21 heavy (non-hydrogen) atoms. The third-order valence-corrected chi connectivity index (χ3v) is 4.95. The van der Waals surface area contributed by atoms with Crippen molar-refractivity contribution in [2.24, 2.45) is 0 Å². The normalized spacial score (nSPS) is 13.2. The van der Waals surface area contributed by atoms with Crippen LogP contribution in [0.2, 0.25) is 0 Å². The number of carbonyl (C=O) groups is 1. The van der Waals surface area contributed by atoms with E-state index in [2.05, 4.69) is 27.7 Å². The highest BCUT2D eigenvalue weighted by atomic mass is 16.6. The molecule has 0 rings (SSSR count). The SMILES string of the molecule is CCCCCCCCCC(=O)OC(C)[N+](CC)(CC)CC. The zero-order chi connectivity index (χ0) is 16.1. The lowest BCUT2D eigenvalue weighted by Gasteiger charge is -2.40. The Morgan fingerprint density at radius 2 is 1.33 bits per heavy atom. The highest BCUT2D eigenvalue weighted by molar-refractivity contribution is 5.69. The zero-order valence-electron chi connectivity index (χ0n) is 15.1. The molecule has 126 valence electrons. The Morgan fingerprint density at radius 1 is 0.857 bits per heavy atom. The summed E-state index contributed by atoms with van der Waals surface area (Å²) in [5, 5.41) is 0. The number of ether oxygens (including phenoxy) is 1. The number of hydrogen-bond donors (Lipinski definition) is 0. The van der Waals surface area contributed by atoms with Gasteiger partial charge in [-0.15, -0.1) is 0 Å². The van der Waals surface area contributed by atoms with Gasteiger partial charge in [-0.1, -0.05) is 45.4 Å². The first-order chi connectivity index (χ1) is 10.1. The minimum Gasteiger partial charge on any atom is -0.413 e. The molecule has 0 aliphatic heterocycles. The quantitative estimate of drug-likeness (QED) is 0.209. The summed E-state index contributed by atoms with van der Waals surface area (Å²) in [5.41, 5.74) is 0. The van der Waals surface area contributed by atoms with Crippen LogP contribution in [0, 0.1) is 0 Å². The summed E-state index contributed by atoms with van der Waals surface area (Å²) in [7, 11) is 0. The molecule has 0 aromatic carbocycles. The number of carbonyl (C=O) groups excluding carboxylic acids is 1. The van der Waals surface area contributed by atoms with E-state index in [1.165, 1.54) is 32.1 Å². The van der Waals surface area contributed by atoms with Crippen molar-refractivity contribution in [1.29, 1.82) is 0 Å². The number of rotatable bonds is 13. The lowest BCUT2D eigenvalue weighted by Crippen LogP contribution is -2.55. The molecule has 0 aromatic heterocycles. The molecule has 0 heterocycles. The third kappa shape index (κ3) is 7.85. The van der Waals surface area contributed by atoms with Gasteiger partial charge in [-0.25, -0.2) is 0 Å². The largest absolute Gasteiger partial charge is 0.413 e. The van der Waals surface area contributed by atoms with Gasteiger partial charge in [0.05, 0.1) is 19.6 Å². The van der Waals surface area contributed by atoms with Crippen LogP contribution < -0.4 is 0 Å². The van der Waals surface area contributed by atoms with Gasteiger partial charge >= 0.3 is 5.97 Å². The summed E-state index contributed by atoms with van der Waals surface area (Å²) in [6.07, 6.45) is 9.20. The van der Waals surface area contributed by atoms with Crippen LogP contribution in [-0.4, -0.2) is 36.3 Å². The van der Waals surface area contributed by atoms with Gasteiger partial charge < -0.3 is 4.74 Å². The first-order valence-electron chi connectivity index (χ1n) is 9.11. The van der Waals surface area contributed by atoms with Crippen LogP contribution in [0.5, 0.6) is 0 Å². The smallest absolute Gasteiger partial charge is 0.310 e. The molecular weight excluding hydrogens is 262 g/mol. The van der Waals surface area contributed by atoms with Gasteiger partial charge in [-0.2, -0.15) is 0 Å². The lowest BCUT2D eigenvalue weighted by molar-refractivity contribution is -0.963. The Hall–Kier alpha value is -0.570. The zero-order valence-corrected chi connectivity index (χ0v) is 15.1. The van der Waals surface area contributed by atoms with Crippen LogP contribution in [0.3, 0.4) is 0 Å². The lowest BCUT2D eigenvalue weighted by atomic mass is 10.1. The van der Waals surface area contributed by atoms with Crippen molar-refractivity contribution in [1.82, 2.24) is 0 Å². The fourth-order valence-corrected chi connectivity index (χ4v) is 3.03. The monoisotopic (exact) mass is 300 g/mol. The summed E-state index contributed by atoms with van der Waals surface area (Å²) < 4.78 is 6.53. The van der Waals surface area contributed by atoms with Crippen molar-refractivity contribution in [3.63, 3.8) is 0 Å². The highest BCUT2D eigenvalue weighted by Crippen LogP contribution is 2.16. The van der Waals surface area contributed by atoms with E-state index in [0.717, 1.165) is 37.0 Å². The summed E-state index contributed by atoms with van der Waals surface area (Å²) in [4.78, 5) is 12.0. The van der Waals surface area contributed by atoms with Gasteiger partial charge in [0, 0.05) is 13.3 Å². The van der Waals surface area contributed by atoms with Gasteiger partial charge in [0.15, 0.2) is 0 Å². The second-order valence-electron chi connectivity index (χ2n) is 6.13. The van der Waals surface area contributed by atoms with Crippen molar-refractivity contribution in [2.75, 3.05) is 19.6 Å². The summed E-state index contributed by atoms with van der Waals surface area (Å²) in [5.74, 6) is -0.0195. The first-order valence-corrected chi connectivity index (χ1v) is 9.11. The van der Waals surface area contributed by atoms with Crippen LogP contribution in [-0.2, 0) is 9.53 Å². The van der Waals surface area contributed by atoms with E-state index in [0.29, 0.717) is 6.42 Å². The molecule has 0 N–H and O–H groups in total. The Morgan fingerprint density at radius 3 is 1.81 bits per heavy atom. The molecule has 0 spiro atoms. The van der Waals surface area contributed by atoms with Gasteiger partial charge in [-0.3, -0.25) is 9.28 Å². The number of quaternary nitrogens is 1. The maximum Gasteiger partial charge on any atom is 0.310 e. The molecule has 3 nitrogen and oxygen atoms in total. The molecule has 1 atom stereocenters. The van der Waals surface area contributed by atoms with Crippen LogP contribution >= 0.6 is 0 Å². The van der Waals surface area contributed by atoms with Gasteiger partial charge in [-0.05, 0) is 27.2 Å². The first kappa shape index (κ1) is 20.4.